The van der Waals surface area contributed by atoms with E-state index in [2.05, 4.69) is 30.5 Å². The number of ether oxygens (including phenoxy) is 1. The van der Waals surface area contributed by atoms with E-state index in [1.165, 1.54) is 5.56 Å². The van der Waals surface area contributed by atoms with Crippen LogP contribution < -0.4 is 0 Å². The summed E-state index contributed by atoms with van der Waals surface area (Å²) in [6.07, 6.45) is 0. The van der Waals surface area contributed by atoms with E-state index >= 15 is 0 Å². The van der Waals surface area contributed by atoms with E-state index < -0.39 is 0 Å². The summed E-state index contributed by atoms with van der Waals surface area (Å²) in [4.78, 5) is 13.3. The molecule has 3 nitrogen and oxygen atoms in total. The number of carbonyl (C=O) groups excluding carboxylic acids is 1. The van der Waals surface area contributed by atoms with Gasteiger partial charge in [-0.05, 0) is 20.0 Å². The fraction of sp³-hybridized carbons (Fsp3) is 0.316. The molecule has 2 aromatic carbocycles. The Morgan fingerprint density at radius 1 is 1.22 bits per heavy atom. The fourth-order valence-corrected chi connectivity index (χ4v) is 1.84. The van der Waals surface area contributed by atoms with Crippen LogP contribution in [0.5, 0.6) is 0 Å². The number of nitrogens with zero attached hydrogens (tertiary/aromatic N) is 1. The normalized spacial score (nSPS) is 11.0. The third-order valence-corrected chi connectivity index (χ3v) is 3.41. The van der Waals surface area contributed by atoms with Gasteiger partial charge in [0.25, 0.3) is 0 Å². The first-order valence-electron chi connectivity index (χ1n) is 7.43. The van der Waals surface area contributed by atoms with Crippen LogP contribution in [0.1, 0.15) is 25.5 Å². The molecule has 0 radical (unpaired) electrons. The average Bonchev–Trinajstić information content (AvgIpc) is 3.21. The third-order valence-electron chi connectivity index (χ3n) is 3.41. The first kappa shape index (κ1) is 21.4. The second kappa shape index (κ2) is 11.9. The fourth-order valence-electron chi connectivity index (χ4n) is 1.84. The Morgan fingerprint density at radius 2 is 1.70 bits per heavy atom. The maximum absolute atomic E-state index is 11.2. The van der Waals surface area contributed by atoms with Crippen LogP contribution in [0, 0.1) is 0 Å². The molecule has 0 aromatic heterocycles. The molecule has 0 amide bonds. The molecule has 0 spiro atoms. The Bertz CT molecular complexity index is 515. The third kappa shape index (κ3) is 8.56. The second-order valence-electron chi connectivity index (χ2n) is 5.25. The smallest absolute Gasteiger partial charge is 0.333 e. The Balaban J connectivity index is 0.000000684. The van der Waals surface area contributed by atoms with Gasteiger partial charge in [0.2, 0.25) is 0 Å². The summed E-state index contributed by atoms with van der Waals surface area (Å²) in [6, 6.07) is 18.6. The molecule has 0 bridgehead atoms. The molecule has 0 aliphatic heterocycles. The zero-order valence-corrected chi connectivity index (χ0v) is 15.1. The van der Waals surface area contributed by atoms with Crippen molar-refractivity contribution in [3.63, 3.8) is 0 Å². The van der Waals surface area contributed by atoms with Crippen LogP contribution in [0.25, 0.3) is 0 Å². The van der Waals surface area contributed by atoms with Gasteiger partial charge in [0.15, 0.2) is 0 Å². The van der Waals surface area contributed by atoms with Crippen molar-refractivity contribution in [1.82, 2.24) is 4.90 Å². The van der Waals surface area contributed by atoms with Gasteiger partial charge < -0.3 is 40.0 Å². The molecule has 2 aromatic rings. The predicted octanol–water partition coefficient (Wildman–Crippen LogP) is 3.92. The van der Waals surface area contributed by atoms with Crippen LogP contribution in [0.4, 0.5) is 0 Å². The average molecular weight is 355 g/mol. The van der Waals surface area contributed by atoms with Gasteiger partial charge in [0.05, 0.1) is 0 Å². The Morgan fingerprint density at radius 3 is 2.13 bits per heavy atom. The zero-order chi connectivity index (χ0) is 16.4. The van der Waals surface area contributed by atoms with E-state index in [1.807, 2.05) is 49.5 Å². The predicted molar refractivity (Wildman–Crippen MR) is 90.9 cm³/mol. The zero-order valence-electron chi connectivity index (χ0n) is 14.0. The summed E-state index contributed by atoms with van der Waals surface area (Å²) in [7, 11) is 2.02. The minimum Gasteiger partial charge on any atom is -0.748 e. The molecule has 0 saturated heterocycles. The number of hydrogen-bond donors (Lipinski definition) is 0. The van der Waals surface area contributed by atoms with Crippen molar-refractivity contribution in [2.24, 2.45) is 0 Å². The Labute approximate surface area is 150 Å². The number of carbonyl (C=O) groups is 1. The molecule has 0 aliphatic rings. The largest absolute Gasteiger partial charge is 0.748 e. The SMILES string of the molecule is C=C(C)C(=O)OCCN(C)C(C)[c-]1cccc1.[Fe].[cH-]1[cH-][cH-][cH-][cH-]1. The molecule has 132 valence electrons. The first-order valence-corrected chi connectivity index (χ1v) is 7.43. The quantitative estimate of drug-likeness (QED) is 0.340. The van der Waals surface area contributed by atoms with Gasteiger partial charge in [-0.1, -0.05) is 13.5 Å². The molecule has 0 fully saturated rings. The van der Waals surface area contributed by atoms with Crippen molar-refractivity contribution in [2.75, 3.05) is 20.2 Å². The summed E-state index contributed by atoms with van der Waals surface area (Å²) in [5.41, 5.74) is 1.72. The number of esters is 1. The number of rotatable bonds is 6. The van der Waals surface area contributed by atoms with Gasteiger partial charge in [-0.2, -0.15) is 12.1 Å². The van der Waals surface area contributed by atoms with Crippen LogP contribution >= 0.6 is 0 Å². The Kier molecular flexibility index (Phi) is 11.1. The van der Waals surface area contributed by atoms with Gasteiger partial charge >= 0.3 is 5.97 Å². The molecule has 0 saturated carbocycles. The van der Waals surface area contributed by atoms with E-state index in [9.17, 15) is 4.79 Å². The van der Waals surface area contributed by atoms with Crippen molar-refractivity contribution < 1.29 is 26.6 Å². The van der Waals surface area contributed by atoms with Gasteiger partial charge in [-0.25, -0.2) is 16.9 Å². The van der Waals surface area contributed by atoms with E-state index in [4.69, 9.17) is 4.74 Å². The molecular weight excluding hydrogens is 330 g/mol. The van der Waals surface area contributed by atoms with Gasteiger partial charge in [-0.15, -0.1) is 5.56 Å². The summed E-state index contributed by atoms with van der Waals surface area (Å²) < 4.78 is 5.06. The summed E-state index contributed by atoms with van der Waals surface area (Å²) in [5.74, 6) is -0.320. The van der Waals surface area contributed by atoms with Crippen LogP contribution in [0.15, 0.2) is 66.7 Å². The molecule has 1 atom stereocenters. The van der Waals surface area contributed by atoms with Crippen molar-refractivity contribution in [1.29, 1.82) is 0 Å². The van der Waals surface area contributed by atoms with Gasteiger partial charge in [-0.3, -0.25) is 0 Å². The van der Waals surface area contributed by atoms with Crippen molar-refractivity contribution >= 4 is 5.97 Å². The molecule has 0 heterocycles. The maximum Gasteiger partial charge on any atom is 0.333 e. The topological polar surface area (TPSA) is 29.5 Å². The number of likely N-dealkylation sites (N-methyl/N-ethyl adjacent to an activating group) is 1. The van der Waals surface area contributed by atoms with Crippen LogP contribution in [-0.2, 0) is 26.6 Å². The Hall–Kier alpha value is -1.61. The molecule has 23 heavy (non-hydrogen) atoms. The van der Waals surface area contributed by atoms with Crippen molar-refractivity contribution in [2.45, 2.75) is 19.9 Å². The number of hydrogen-bond acceptors (Lipinski definition) is 3. The molecule has 4 heteroatoms. The standard InChI is InChI=1S/C14H20NO2.C5H5.Fe/c1-11(2)14(16)17-10-9-15(4)12(3)13-7-5-6-8-13;1-2-4-5-3-1;/h5-8,12H,1,9-10H2,2-4H3;1-5H;/q-1;-5;. The summed E-state index contributed by atoms with van der Waals surface area (Å²) in [6.45, 7) is 8.44. The molecule has 0 N–H and O–H groups in total. The maximum atomic E-state index is 11.2. The van der Waals surface area contributed by atoms with Crippen LogP contribution in [0.3, 0.4) is 0 Å². The molecular formula is C19H25FeNO2-6. The van der Waals surface area contributed by atoms with Gasteiger partial charge in [0.1, 0.15) is 6.61 Å². The van der Waals surface area contributed by atoms with Crippen molar-refractivity contribution in [3.05, 3.63) is 72.3 Å². The van der Waals surface area contributed by atoms with E-state index in [-0.39, 0.29) is 23.0 Å². The van der Waals surface area contributed by atoms with E-state index in [0.29, 0.717) is 24.8 Å². The monoisotopic (exact) mass is 355 g/mol. The van der Waals surface area contributed by atoms with E-state index in [1.54, 1.807) is 6.92 Å². The molecule has 2 rings (SSSR count). The molecule has 0 aliphatic carbocycles. The van der Waals surface area contributed by atoms with Gasteiger partial charge in [0, 0.05) is 29.2 Å². The van der Waals surface area contributed by atoms with E-state index in [0.717, 1.165) is 0 Å². The minimum atomic E-state index is -0.320. The minimum absolute atomic E-state index is 0. The molecule has 1 unspecified atom stereocenters. The first-order chi connectivity index (χ1) is 10.5. The summed E-state index contributed by atoms with van der Waals surface area (Å²) in [5, 5.41) is 0. The van der Waals surface area contributed by atoms with Crippen LogP contribution in [0.2, 0.25) is 0 Å². The van der Waals surface area contributed by atoms with Crippen molar-refractivity contribution in [3.8, 4) is 0 Å². The van der Waals surface area contributed by atoms with Crippen LogP contribution in [-0.4, -0.2) is 31.1 Å². The summed E-state index contributed by atoms with van der Waals surface area (Å²) >= 11 is 0. The second-order valence-corrected chi connectivity index (χ2v) is 5.25.